The largest absolute Gasteiger partial charge is 0.454 e. The molecule has 1 saturated carbocycles. The van der Waals surface area contributed by atoms with Crippen LogP contribution in [-0.2, 0) is 19.1 Å². The number of carbonyl (C=O) groups is 4. The number of rotatable bonds is 7. The summed E-state index contributed by atoms with van der Waals surface area (Å²) in [5.41, 5.74) is -0.953. The van der Waals surface area contributed by atoms with Crippen molar-refractivity contribution in [3.63, 3.8) is 0 Å². The van der Waals surface area contributed by atoms with Crippen molar-refractivity contribution in [1.29, 1.82) is 0 Å². The predicted octanol–water partition coefficient (Wildman–Crippen LogP) is 1.34. The Kier molecular flexibility index (Phi) is 6.61. The van der Waals surface area contributed by atoms with Gasteiger partial charge in [-0.1, -0.05) is 33.6 Å². The van der Waals surface area contributed by atoms with Crippen LogP contribution in [0.3, 0.4) is 0 Å². The fourth-order valence-corrected chi connectivity index (χ4v) is 3.65. The summed E-state index contributed by atoms with van der Waals surface area (Å²) < 4.78 is 4.95. The Morgan fingerprint density at radius 3 is 2.46 bits per heavy atom. The van der Waals surface area contributed by atoms with E-state index in [9.17, 15) is 19.2 Å². The molecular formula is C18H29N3O5. The van der Waals surface area contributed by atoms with Crippen LogP contribution >= 0.6 is 0 Å². The maximum Gasteiger partial charge on any atom is 0.326 e. The average Bonchev–Trinajstić information content (AvgIpc) is 2.86. The van der Waals surface area contributed by atoms with Crippen molar-refractivity contribution < 1.29 is 23.9 Å². The molecule has 2 rings (SSSR count). The maximum atomic E-state index is 12.4. The van der Waals surface area contributed by atoms with Gasteiger partial charge >= 0.3 is 12.0 Å². The van der Waals surface area contributed by atoms with Crippen LogP contribution in [0.5, 0.6) is 0 Å². The van der Waals surface area contributed by atoms with Crippen molar-refractivity contribution in [3.8, 4) is 0 Å². The summed E-state index contributed by atoms with van der Waals surface area (Å²) >= 11 is 0. The van der Waals surface area contributed by atoms with Gasteiger partial charge in [-0.05, 0) is 31.6 Å². The first-order valence-corrected chi connectivity index (χ1v) is 9.42. The number of nitrogens with one attached hydrogen (secondary N) is 2. The van der Waals surface area contributed by atoms with E-state index in [2.05, 4.69) is 17.6 Å². The monoisotopic (exact) mass is 367 g/mol. The predicted molar refractivity (Wildman–Crippen MR) is 94.1 cm³/mol. The van der Waals surface area contributed by atoms with E-state index in [-0.39, 0.29) is 11.9 Å². The van der Waals surface area contributed by atoms with Crippen molar-refractivity contribution in [1.82, 2.24) is 15.5 Å². The molecule has 2 atom stereocenters. The van der Waals surface area contributed by atoms with E-state index < -0.39 is 36.6 Å². The number of amides is 4. The van der Waals surface area contributed by atoms with Crippen LogP contribution in [0.25, 0.3) is 0 Å². The molecule has 1 heterocycles. The zero-order valence-corrected chi connectivity index (χ0v) is 15.8. The summed E-state index contributed by atoms with van der Waals surface area (Å²) in [6, 6.07) is -0.494. The van der Waals surface area contributed by atoms with E-state index in [0.29, 0.717) is 18.8 Å². The number of nitrogens with zero attached hydrogens (tertiary/aromatic N) is 1. The van der Waals surface area contributed by atoms with Crippen LogP contribution in [-0.4, -0.2) is 53.4 Å². The third-order valence-corrected chi connectivity index (χ3v) is 5.56. The molecule has 0 aromatic heterocycles. The van der Waals surface area contributed by atoms with Gasteiger partial charge in [0.15, 0.2) is 6.61 Å². The molecule has 2 fully saturated rings. The first-order chi connectivity index (χ1) is 12.3. The molecule has 0 spiro atoms. The molecule has 2 N–H and O–H groups in total. The van der Waals surface area contributed by atoms with E-state index in [0.717, 1.165) is 24.2 Å². The summed E-state index contributed by atoms with van der Waals surface area (Å²) in [5.74, 6) is -1.15. The third kappa shape index (κ3) is 4.34. The van der Waals surface area contributed by atoms with E-state index >= 15 is 0 Å². The lowest BCUT2D eigenvalue weighted by Crippen LogP contribution is -2.46. The van der Waals surface area contributed by atoms with E-state index in [1.165, 1.54) is 6.42 Å². The quantitative estimate of drug-likeness (QED) is 0.522. The van der Waals surface area contributed by atoms with Gasteiger partial charge < -0.3 is 15.4 Å². The molecule has 8 nitrogen and oxygen atoms in total. The summed E-state index contributed by atoms with van der Waals surface area (Å²) in [5, 5.41) is 5.54. The van der Waals surface area contributed by atoms with Gasteiger partial charge in [0.25, 0.3) is 11.8 Å². The maximum absolute atomic E-state index is 12.4. The zero-order chi connectivity index (χ0) is 19.3. The van der Waals surface area contributed by atoms with Crippen molar-refractivity contribution in [3.05, 3.63) is 0 Å². The number of carbonyl (C=O) groups excluding carboxylic acids is 4. The number of imide groups is 1. The molecule has 0 aromatic rings. The lowest BCUT2D eigenvalue weighted by Gasteiger charge is -2.29. The SMILES string of the molecule is CCC1(CC)NC(=O)N(CC(=O)OCC(=O)NC2CCCCC2C)C1=O. The molecule has 1 aliphatic carbocycles. The van der Waals surface area contributed by atoms with Crippen LogP contribution < -0.4 is 10.6 Å². The Balaban J connectivity index is 1.80. The topological polar surface area (TPSA) is 105 Å². The van der Waals surface area contributed by atoms with Gasteiger partial charge in [0.2, 0.25) is 0 Å². The lowest BCUT2D eigenvalue weighted by molar-refractivity contribution is -0.151. The molecule has 1 aliphatic heterocycles. The number of hydrogen-bond acceptors (Lipinski definition) is 5. The van der Waals surface area contributed by atoms with Crippen LogP contribution in [0.4, 0.5) is 4.79 Å². The van der Waals surface area contributed by atoms with Crippen LogP contribution in [0, 0.1) is 5.92 Å². The van der Waals surface area contributed by atoms with Crippen molar-refractivity contribution in [2.24, 2.45) is 5.92 Å². The Morgan fingerprint density at radius 1 is 1.23 bits per heavy atom. The number of esters is 1. The van der Waals surface area contributed by atoms with Crippen molar-refractivity contribution >= 4 is 23.8 Å². The summed E-state index contributed by atoms with van der Waals surface area (Å²) in [6.07, 6.45) is 5.15. The minimum Gasteiger partial charge on any atom is -0.454 e. The third-order valence-electron chi connectivity index (χ3n) is 5.56. The molecule has 146 valence electrons. The Morgan fingerprint density at radius 2 is 1.88 bits per heavy atom. The van der Waals surface area contributed by atoms with E-state index in [4.69, 9.17) is 4.74 Å². The van der Waals surface area contributed by atoms with E-state index in [1.54, 1.807) is 13.8 Å². The van der Waals surface area contributed by atoms with Gasteiger partial charge in [0.05, 0.1) is 0 Å². The zero-order valence-electron chi connectivity index (χ0n) is 15.8. The van der Waals surface area contributed by atoms with Gasteiger partial charge in [0, 0.05) is 6.04 Å². The second-order valence-corrected chi connectivity index (χ2v) is 7.21. The highest BCUT2D eigenvalue weighted by atomic mass is 16.5. The Labute approximate surface area is 154 Å². The molecule has 8 heteroatoms. The van der Waals surface area contributed by atoms with Gasteiger partial charge in [0.1, 0.15) is 12.1 Å². The summed E-state index contributed by atoms with van der Waals surface area (Å²) in [6.45, 7) is 4.82. The van der Waals surface area contributed by atoms with Gasteiger partial charge in [-0.25, -0.2) is 4.79 Å². The normalized spacial score (nSPS) is 25.0. The Bertz CT molecular complexity index is 573. The molecule has 1 saturated heterocycles. The fourth-order valence-electron chi connectivity index (χ4n) is 3.65. The molecule has 4 amide bonds. The highest BCUT2D eigenvalue weighted by molar-refractivity contribution is 6.08. The smallest absolute Gasteiger partial charge is 0.326 e. The van der Waals surface area contributed by atoms with Crippen molar-refractivity contribution in [2.75, 3.05) is 13.2 Å². The molecule has 2 aliphatic rings. The van der Waals surface area contributed by atoms with E-state index in [1.807, 2.05) is 0 Å². The molecule has 0 aromatic carbocycles. The van der Waals surface area contributed by atoms with Gasteiger partial charge in [-0.2, -0.15) is 0 Å². The van der Waals surface area contributed by atoms with Crippen LogP contribution in [0.1, 0.15) is 59.3 Å². The molecular weight excluding hydrogens is 338 g/mol. The van der Waals surface area contributed by atoms with Crippen molar-refractivity contribution in [2.45, 2.75) is 70.9 Å². The number of ether oxygens (including phenoxy) is 1. The first-order valence-electron chi connectivity index (χ1n) is 9.42. The minimum atomic E-state index is -0.953. The minimum absolute atomic E-state index is 0.107. The average molecular weight is 367 g/mol. The standard InChI is InChI=1S/C18H29N3O5/c1-4-18(5-2)16(24)21(17(25)20-18)10-15(23)26-11-14(22)19-13-9-7-6-8-12(13)3/h12-13H,4-11H2,1-3H3,(H,19,22)(H,20,25). The molecule has 0 radical (unpaired) electrons. The lowest BCUT2D eigenvalue weighted by atomic mass is 9.86. The first kappa shape index (κ1) is 20.2. The highest BCUT2D eigenvalue weighted by Gasteiger charge is 2.49. The summed E-state index contributed by atoms with van der Waals surface area (Å²) in [7, 11) is 0. The summed E-state index contributed by atoms with van der Waals surface area (Å²) in [4.78, 5) is 49.2. The van der Waals surface area contributed by atoms with Gasteiger partial charge in [-0.3, -0.25) is 19.3 Å². The number of hydrogen-bond donors (Lipinski definition) is 2. The molecule has 2 unspecified atom stereocenters. The Hall–Kier alpha value is -2.12. The van der Waals surface area contributed by atoms with Gasteiger partial charge in [-0.15, -0.1) is 0 Å². The van der Waals surface area contributed by atoms with Crippen LogP contribution in [0.15, 0.2) is 0 Å². The second-order valence-electron chi connectivity index (χ2n) is 7.21. The van der Waals surface area contributed by atoms with Crippen LogP contribution in [0.2, 0.25) is 0 Å². The second kappa shape index (κ2) is 8.51. The molecule has 0 bridgehead atoms. The fraction of sp³-hybridized carbons (Fsp3) is 0.778. The highest BCUT2D eigenvalue weighted by Crippen LogP contribution is 2.25. The number of urea groups is 1. The molecule has 26 heavy (non-hydrogen) atoms.